The number of hydrogen-bond acceptors (Lipinski definition) is 3. The summed E-state index contributed by atoms with van der Waals surface area (Å²) in [6, 6.07) is 0.725. The second-order valence-electron chi connectivity index (χ2n) is 6.00. The van der Waals surface area contributed by atoms with Crippen LogP contribution >= 0.6 is 24.8 Å². The molecule has 1 saturated heterocycles. The number of carbonyl (C=O) groups is 1. The maximum absolute atomic E-state index is 12.0. The molecule has 0 aromatic carbocycles. The average Bonchev–Trinajstić information content (AvgIpc) is 2.42. The lowest BCUT2D eigenvalue weighted by Crippen LogP contribution is -2.51. The first-order chi connectivity index (χ1) is 9.67. The third kappa shape index (κ3) is 9.88. The SMILES string of the molecule is CCCN(CCC)CCCC(=O)NC1CCCNC1C.Cl.Cl. The Balaban J connectivity index is 0. The summed E-state index contributed by atoms with van der Waals surface area (Å²) in [6.45, 7) is 11.0. The van der Waals surface area contributed by atoms with Crippen molar-refractivity contribution in [2.45, 2.75) is 71.4 Å². The molecule has 1 rings (SSSR count). The number of amides is 1. The first-order valence-electron chi connectivity index (χ1n) is 8.42. The lowest BCUT2D eigenvalue weighted by Gasteiger charge is -2.30. The molecule has 0 aliphatic carbocycles. The zero-order valence-electron chi connectivity index (χ0n) is 14.4. The molecule has 134 valence electrons. The van der Waals surface area contributed by atoms with Crippen molar-refractivity contribution in [1.82, 2.24) is 15.5 Å². The molecule has 1 aliphatic rings. The van der Waals surface area contributed by atoms with Gasteiger partial charge in [-0.1, -0.05) is 13.8 Å². The van der Waals surface area contributed by atoms with Crippen molar-refractivity contribution in [3.05, 3.63) is 0 Å². The highest BCUT2D eigenvalue weighted by Crippen LogP contribution is 2.08. The normalized spacial score (nSPS) is 20.9. The van der Waals surface area contributed by atoms with Gasteiger partial charge in [-0.3, -0.25) is 4.79 Å². The van der Waals surface area contributed by atoms with Gasteiger partial charge in [0.25, 0.3) is 0 Å². The lowest BCUT2D eigenvalue weighted by molar-refractivity contribution is -0.122. The highest BCUT2D eigenvalue weighted by Gasteiger charge is 2.21. The van der Waals surface area contributed by atoms with E-state index >= 15 is 0 Å². The van der Waals surface area contributed by atoms with Crippen LogP contribution in [0.25, 0.3) is 0 Å². The molecule has 0 radical (unpaired) electrons. The van der Waals surface area contributed by atoms with Gasteiger partial charge in [0.05, 0.1) is 0 Å². The molecule has 2 unspecified atom stereocenters. The number of nitrogens with one attached hydrogen (secondary N) is 2. The fraction of sp³-hybridized carbons (Fsp3) is 0.938. The van der Waals surface area contributed by atoms with Crippen LogP contribution in [0.15, 0.2) is 0 Å². The van der Waals surface area contributed by atoms with Crippen molar-refractivity contribution < 1.29 is 4.79 Å². The molecule has 1 aliphatic heterocycles. The summed E-state index contributed by atoms with van der Waals surface area (Å²) in [6.07, 6.45) is 6.29. The van der Waals surface area contributed by atoms with Crippen molar-refractivity contribution >= 4 is 30.7 Å². The van der Waals surface area contributed by atoms with E-state index < -0.39 is 0 Å². The van der Waals surface area contributed by atoms with Crippen molar-refractivity contribution in [3.63, 3.8) is 0 Å². The van der Waals surface area contributed by atoms with E-state index in [-0.39, 0.29) is 30.7 Å². The zero-order chi connectivity index (χ0) is 14.8. The molecule has 22 heavy (non-hydrogen) atoms. The summed E-state index contributed by atoms with van der Waals surface area (Å²) in [5.41, 5.74) is 0. The lowest BCUT2D eigenvalue weighted by atomic mass is 10.00. The van der Waals surface area contributed by atoms with Crippen LogP contribution in [-0.4, -0.2) is 49.1 Å². The van der Waals surface area contributed by atoms with E-state index in [2.05, 4.69) is 36.3 Å². The summed E-state index contributed by atoms with van der Waals surface area (Å²) in [5.74, 6) is 0.221. The number of piperidine rings is 1. The molecule has 6 heteroatoms. The van der Waals surface area contributed by atoms with Crippen LogP contribution in [0, 0.1) is 0 Å². The maximum Gasteiger partial charge on any atom is 0.220 e. The Morgan fingerprint density at radius 1 is 1.18 bits per heavy atom. The second kappa shape index (κ2) is 14.6. The van der Waals surface area contributed by atoms with Crippen molar-refractivity contribution in [2.75, 3.05) is 26.2 Å². The summed E-state index contributed by atoms with van der Waals surface area (Å²) >= 11 is 0. The summed E-state index contributed by atoms with van der Waals surface area (Å²) in [4.78, 5) is 14.5. The molecule has 1 amide bonds. The average molecular weight is 356 g/mol. The van der Waals surface area contributed by atoms with Crippen LogP contribution in [0.4, 0.5) is 0 Å². The monoisotopic (exact) mass is 355 g/mol. The quantitative estimate of drug-likeness (QED) is 0.668. The molecule has 2 N–H and O–H groups in total. The Labute approximate surface area is 149 Å². The molecule has 4 nitrogen and oxygen atoms in total. The number of halogens is 2. The molecule has 0 bridgehead atoms. The summed E-state index contributed by atoms with van der Waals surface area (Å²) in [7, 11) is 0. The molecule has 0 spiro atoms. The van der Waals surface area contributed by atoms with Gasteiger partial charge in [-0.2, -0.15) is 0 Å². The molecule has 0 aromatic heterocycles. The van der Waals surface area contributed by atoms with Gasteiger partial charge < -0.3 is 15.5 Å². The van der Waals surface area contributed by atoms with E-state index in [9.17, 15) is 4.79 Å². The fourth-order valence-electron chi connectivity index (χ4n) is 2.95. The minimum Gasteiger partial charge on any atom is -0.352 e. The first kappa shape index (κ1) is 24.2. The second-order valence-corrected chi connectivity index (χ2v) is 6.00. The standard InChI is InChI=1S/C16H33N3O.2ClH/c1-4-11-19(12-5-2)13-7-9-16(20)18-15-8-6-10-17-14(15)3;;/h14-15,17H,4-13H2,1-3H3,(H,18,20);2*1H. The molecule has 0 saturated carbocycles. The van der Waals surface area contributed by atoms with Gasteiger partial charge in [0.1, 0.15) is 0 Å². The van der Waals surface area contributed by atoms with Gasteiger partial charge in [0.15, 0.2) is 0 Å². The Hall–Kier alpha value is -0.0300. The van der Waals surface area contributed by atoms with Crippen molar-refractivity contribution in [2.24, 2.45) is 0 Å². The van der Waals surface area contributed by atoms with Crippen LogP contribution in [-0.2, 0) is 4.79 Å². The Kier molecular flexibility index (Phi) is 16.0. The Morgan fingerprint density at radius 2 is 1.82 bits per heavy atom. The Bertz CT molecular complexity index is 274. The number of hydrogen-bond donors (Lipinski definition) is 2. The Morgan fingerprint density at radius 3 is 2.36 bits per heavy atom. The largest absolute Gasteiger partial charge is 0.352 e. The van der Waals surface area contributed by atoms with Gasteiger partial charge in [-0.15, -0.1) is 24.8 Å². The molecule has 0 aromatic rings. The first-order valence-corrected chi connectivity index (χ1v) is 8.42. The van der Waals surface area contributed by atoms with Gasteiger partial charge in [-0.05, 0) is 65.2 Å². The van der Waals surface area contributed by atoms with Gasteiger partial charge in [-0.25, -0.2) is 0 Å². The minimum absolute atomic E-state index is 0. The van der Waals surface area contributed by atoms with Crippen LogP contribution < -0.4 is 10.6 Å². The third-order valence-corrected chi connectivity index (χ3v) is 4.07. The van der Waals surface area contributed by atoms with Gasteiger partial charge >= 0.3 is 0 Å². The third-order valence-electron chi connectivity index (χ3n) is 4.07. The van der Waals surface area contributed by atoms with Crippen molar-refractivity contribution in [3.8, 4) is 0 Å². The van der Waals surface area contributed by atoms with Crippen LogP contribution in [0.5, 0.6) is 0 Å². The fourth-order valence-corrected chi connectivity index (χ4v) is 2.95. The van der Waals surface area contributed by atoms with Crippen LogP contribution in [0.3, 0.4) is 0 Å². The van der Waals surface area contributed by atoms with Crippen molar-refractivity contribution in [1.29, 1.82) is 0 Å². The predicted molar refractivity (Wildman–Crippen MR) is 99.4 cm³/mol. The summed E-state index contributed by atoms with van der Waals surface area (Å²) in [5, 5.41) is 6.61. The number of rotatable bonds is 9. The van der Waals surface area contributed by atoms with E-state index in [1.807, 2.05) is 0 Å². The zero-order valence-corrected chi connectivity index (χ0v) is 16.0. The van der Waals surface area contributed by atoms with Crippen LogP contribution in [0.1, 0.15) is 59.3 Å². The molecule has 1 fully saturated rings. The minimum atomic E-state index is 0. The summed E-state index contributed by atoms with van der Waals surface area (Å²) < 4.78 is 0. The van der Waals surface area contributed by atoms with E-state index in [1.54, 1.807) is 0 Å². The van der Waals surface area contributed by atoms with Crippen LogP contribution in [0.2, 0.25) is 0 Å². The van der Waals surface area contributed by atoms with Gasteiger partial charge in [0, 0.05) is 18.5 Å². The van der Waals surface area contributed by atoms with E-state index in [0.717, 1.165) is 45.4 Å². The molecule has 2 atom stereocenters. The topological polar surface area (TPSA) is 44.4 Å². The molecule has 1 heterocycles. The highest BCUT2D eigenvalue weighted by molar-refractivity contribution is 5.85. The number of nitrogens with zero attached hydrogens (tertiary/aromatic N) is 1. The smallest absolute Gasteiger partial charge is 0.220 e. The molecular formula is C16H35Cl2N3O. The van der Waals surface area contributed by atoms with Gasteiger partial charge in [0.2, 0.25) is 5.91 Å². The van der Waals surface area contributed by atoms with E-state index in [1.165, 1.54) is 12.8 Å². The molecular weight excluding hydrogens is 321 g/mol. The maximum atomic E-state index is 12.0. The number of carbonyl (C=O) groups excluding carboxylic acids is 1. The predicted octanol–water partition coefficient (Wildman–Crippen LogP) is 2.99. The highest BCUT2D eigenvalue weighted by atomic mass is 35.5. The van der Waals surface area contributed by atoms with E-state index in [4.69, 9.17) is 0 Å². The van der Waals surface area contributed by atoms with E-state index in [0.29, 0.717) is 18.5 Å².